The maximum atomic E-state index is 12.7. The van der Waals surface area contributed by atoms with Crippen LogP contribution >= 0.6 is 0 Å². The van der Waals surface area contributed by atoms with Crippen LogP contribution < -0.4 is 0 Å². The minimum absolute atomic E-state index is 0.0480. The summed E-state index contributed by atoms with van der Waals surface area (Å²) in [4.78, 5) is 19.1. The van der Waals surface area contributed by atoms with Crippen molar-refractivity contribution in [1.29, 1.82) is 0 Å². The highest BCUT2D eigenvalue weighted by Gasteiger charge is 2.27. The van der Waals surface area contributed by atoms with Crippen LogP contribution in [-0.2, 0) is 32.9 Å². The molecule has 0 bridgehead atoms. The van der Waals surface area contributed by atoms with E-state index in [1.165, 1.54) is 5.56 Å². The first kappa shape index (κ1) is 16.6. The molecular weight excluding hydrogens is 328 g/mol. The van der Waals surface area contributed by atoms with Gasteiger partial charge in [0, 0.05) is 32.1 Å². The summed E-state index contributed by atoms with van der Waals surface area (Å²) in [5.41, 5.74) is 3.60. The van der Waals surface area contributed by atoms with E-state index in [9.17, 15) is 4.79 Å². The molecule has 6 heteroatoms. The molecule has 6 nitrogen and oxygen atoms in total. The number of hydrogen-bond acceptors (Lipinski definition) is 4. The van der Waals surface area contributed by atoms with Crippen molar-refractivity contribution in [3.8, 4) is 0 Å². The third kappa shape index (κ3) is 3.27. The molecule has 0 saturated carbocycles. The first-order valence-electron chi connectivity index (χ1n) is 8.91. The standard InChI is InChI=1S/C20H22N4O2/c1-14-12-16(22-23(14)2)20(25)24-11-10-18-17(13-24)21-19(26-18)9-8-15-6-4-3-5-7-15/h3-7,12H,8-11,13H2,1-2H3. The van der Waals surface area contributed by atoms with Gasteiger partial charge in [0.15, 0.2) is 11.6 Å². The van der Waals surface area contributed by atoms with Crippen LogP contribution in [0.15, 0.2) is 40.8 Å². The van der Waals surface area contributed by atoms with Gasteiger partial charge in [-0.2, -0.15) is 5.10 Å². The summed E-state index contributed by atoms with van der Waals surface area (Å²) in [5, 5.41) is 4.29. The monoisotopic (exact) mass is 350 g/mol. The summed E-state index contributed by atoms with van der Waals surface area (Å²) in [5.74, 6) is 1.62. The van der Waals surface area contributed by atoms with Gasteiger partial charge >= 0.3 is 0 Å². The Kier molecular flexibility index (Phi) is 4.32. The molecule has 1 amide bonds. The zero-order valence-electron chi connectivity index (χ0n) is 15.1. The van der Waals surface area contributed by atoms with Gasteiger partial charge in [-0.3, -0.25) is 9.48 Å². The number of aryl methyl sites for hydroxylation is 4. The third-order valence-corrected chi connectivity index (χ3v) is 4.86. The van der Waals surface area contributed by atoms with Crippen LogP contribution in [-0.4, -0.2) is 32.1 Å². The topological polar surface area (TPSA) is 64.2 Å². The smallest absolute Gasteiger partial charge is 0.274 e. The van der Waals surface area contributed by atoms with Gasteiger partial charge in [0.2, 0.25) is 0 Å². The maximum Gasteiger partial charge on any atom is 0.274 e. The summed E-state index contributed by atoms with van der Waals surface area (Å²) in [6, 6.07) is 12.1. The van der Waals surface area contributed by atoms with Crippen molar-refractivity contribution in [1.82, 2.24) is 19.7 Å². The lowest BCUT2D eigenvalue weighted by Crippen LogP contribution is -2.36. The zero-order valence-corrected chi connectivity index (χ0v) is 15.1. The summed E-state index contributed by atoms with van der Waals surface area (Å²) >= 11 is 0. The summed E-state index contributed by atoms with van der Waals surface area (Å²) in [7, 11) is 1.84. The normalized spacial score (nSPS) is 13.7. The fourth-order valence-corrected chi connectivity index (χ4v) is 3.26. The van der Waals surface area contributed by atoms with E-state index < -0.39 is 0 Å². The molecule has 26 heavy (non-hydrogen) atoms. The Morgan fingerprint density at radius 1 is 1.23 bits per heavy atom. The molecule has 0 spiro atoms. The number of rotatable bonds is 4. The van der Waals surface area contributed by atoms with Gasteiger partial charge < -0.3 is 9.32 Å². The van der Waals surface area contributed by atoms with E-state index in [0.717, 1.165) is 35.9 Å². The fourth-order valence-electron chi connectivity index (χ4n) is 3.26. The molecule has 4 rings (SSSR count). The van der Waals surface area contributed by atoms with E-state index in [4.69, 9.17) is 4.42 Å². The van der Waals surface area contributed by atoms with Gasteiger partial charge in [0.25, 0.3) is 5.91 Å². The lowest BCUT2D eigenvalue weighted by molar-refractivity contribution is 0.0721. The quantitative estimate of drug-likeness (QED) is 0.726. The summed E-state index contributed by atoms with van der Waals surface area (Å²) in [6.07, 6.45) is 2.37. The molecule has 134 valence electrons. The Balaban J connectivity index is 1.44. The van der Waals surface area contributed by atoms with Crippen molar-refractivity contribution in [2.75, 3.05) is 6.54 Å². The molecule has 0 fully saturated rings. The average molecular weight is 350 g/mol. The van der Waals surface area contributed by atoms with E-state index >= 15 is 0 Å². The molecule has 0 aliphatic carbocycles. The lowest BCUT2D eigenvalue weighted by Gasteiger charge is -2.24. The van der Waals surface area contributed by atoms with Gasteiger partial charge in [-0.1, -0.05) is 30.3 Å². The second-order valence-corrected chi connectivity index (χ2v) is 6.73. The minimum atomic E-state index is -0.0480. The van der Waals surface area contributed by atoms with E-state index in [1.807, 2.05) is 38.2 Å². The number of amides is 1. The molecule has 0 saturated heterocycles. The van der Waals surface area contributed by atoms with E-state index in [0.29, 0.717) is 25.2 Å². The molecule has 3 heterocycles. The van der Waals surface area contributed by atoms with Crippen molar-refractivity contribution in [2.24, 2.45) is 7.05 Å². The Bertz CT molecular complexity index is 907. The number of aromatic nitrogens is 3. The van der Waals surface area contributed by atoms with Crippen LogP contribution in [0.25, 0.3) is 0 Å². The van der Waals surface area contributed by atoms with Crippen LogP contribution in [0.2, 0.25) is 0 Å². The first-order chi connectivity index (χ1) is 12.6. The van der Waals surface area contributed by atoms with Gasteiger partial charge in [0.1, 0.15) is 11.5 Å². The van der Waals surface area contributed by atoms with Crippen molar-refractivity contribution in [3.63, 3.8) is 0 Å². The second kappa shape index (κ2) is 6.78. The Morgan fingerprint density at radius 3 is 2.77 bits per heavy atom. The molecule has 2 aromatic heterocycles. The van der Waals surface area contributed by atoms with Gasteiger partial charge in [-0.15, -0.1) is 0 Å². The molecule has 0 radical (unpaired) electrons. The number of carbonyl (C=O) groups excluding carboxylic acids is 1. The van der Waals surface area contributed by atoms with Crippen LogP contribution in [0.5, 0.6) is 0 Å². The predicted octanol–water partition coefficient (Wildman–Crippen LogP) is 2.70. The molecule has 0 atom stereocenters. The van der Waals surface area contributed by atoms with E-state index in [1.54, 1.807) is 9.58 Å². The molecular formula is C20H22N4O2. The van der Waals surface area contributed by atoms with Crippen molar-refractivity contribution in [2.45, 2.75) is 32.7 Å². The molecule has 3 aromatic rings. The van der Waals surface area contributed by atoms with Crippen LogP contribution in [0.1, 0.15) is 39.1 Å². The molecule has 1 aliphatic heterocycles. The predicted molar refractivity (Wildman–Crippen MR) is 96.7 cm³/mol. The highest BCUT2D eigenvalue weighted by molar-refractivity contribution is 5.92. The maximum absolute atomic E-state index is 12.7. The third-order valence-electron chi connectivity index (χ3n) is 4.86. The van der Waals surface area contributed by atoms with Crippen LogP contribution in [0, 0.1) is 6.92 Å². The number of fused-ring (bicyclic) bond motifs is 1. The van der Waals surface area contributed by atoms with E-state index in [2.05, 4.69) is 22.2 Å². The Labute approximate surface area is 152 Å². The fraction of sp³-hybridized carbons (Fsp3) is 0.350. The van der Waals surface area contributed by atoms with Crippen LogP contribution in [0.4, 0.5) is 0 Å². The Hall–Kier alpha value is -2.89. The average Bonchev–Trinajstić information content (AvgIpc) is 3.22. The second-order valence-electron chi connectivity index (χ2n) is 6.73. The van der Waals surface area contributed by atoms with Gasteiger partial charge in [-0.25, -0.2) is 4.98 Å². The molecule has 1 aromatic carbocycles. The number of carbonyl (C=O) groups is 1. The summed E-state index contributed by atoms with van der Waals surface area (Å²) in [6.45, 7) is 3.06. The highest BCUT2D eigenvalue weighted by atomic mass is 16.4. The largest absolute Gasteiger partial charge is 0.445 e. The number of benzene rings is 1. The van der Waals surface area contributed by atoms with Crippen molar-refractivity contribution >= 4 is 5.91 Å². The van der Waals surface area contributed by atoms with Crippen molar-refractivity contribution < 1.29 is 9.21 Å². The highest BCUT2D eigenvalue weighted by Crippen LogP contribution is 2.22. The number of oxazole rings is 1. The van der Waals surface area contributed by atoms with Gasteiger partial charge in [0.05, 0.1) is 6.54 Å². The summed E-state index contributed by atoms with van der Waals surface area (Å²) < 4.78 is 7.64. The minimum Gasteiger partial charge on any atom is -0.445 e. The molecule has 0 unspecified atom stereocenters. The molecule has 1 aliphatic rings. The van der Waals surface area contributed by atoms with Crippen molar-refractivity contribution in [3.05, 3.63) is 70.7 Å². The van der Waals surface area contributed by atoms with Gasteiger partial charge in [-0.05, 0) is 25.0 Å². The number of nitrogens with zero attached hydrogens (tertiary/aromatic N) is 4. The zero-order chi connectivity index (χ0) is 18.1. The Morgan fingerprint density at radius 2 is 2.04 bits per heavy atom. The SMILES string of the molecule is Cc1cc(C(=O)N2CCc3oc(CCc4ccccc4)nc3C2)nn1C. The lowest BCUT2D eigenvalue weighted by atomic mass is 10.1. The molecule has 0 N–H and O–H groups in total. The number of hydrogen-bond donors (Lipinski definition) is 0. The van der Waals surface area contributed by atoms with E-state index in [-0.39, 0.29) is 5.91 Å². The van der Waals surface area contributed by atoms with Crippen LogP contribution in [0.3, 0.4) is 0 Å². The first-order valence-corrected chi connectivity index (χ1v) is 8.91.